The van der Waals surface area contributed by atoms with Gasteiger partial charge in [-0.1, -0.05) is 30.2 Å². The molecule has 0 aromatic heterocycles. The fourth-order valence-electron chi connectivity index (χ4n) is 2.32. The van der Waals surface area contributed by atoms with Crippen LogP contribution >= 0.6 is 11.6 Å². The molecule has 1 aromatic rings. The largest absolute Gasteiger partial charge is 0.388 e. The summed E-state index contributed by atoms with van der Waals surface area (Å²) in [5.74, 6) is 0.200. The van der Waals surface area contributed by atoms with Gasteiger partial charge in [0.15, 0.2) is 0 Å². The number of halogens is 1. The molecule has 3 N–H and O–H groups in total. The van der Waals surface area contributed by atoms with Crippen LogP contribution < -0.4 is 5.73 Å². The van der Waals surface area contributed by atoms with E-state index in [2.05, 4.69) is 0 Å². The van der Waals surface area contributed by atoms with Gasteiger partial charge < -0.3 is 10.8 Å². The van der Waals surface area contributed by atoms with E-state index in [0.29, 0.717) is 5.02 Å². The summed E-state index contributed by atoms with van der Waals surface area (Å²) in [4.78, 5) is 0. The third-order valence-corrected chi connectivity index (χ3v) is 3.49. The average Bonchev–Trinajstić information content (AvgIpc) is 2.65. The quantitative estimate of drug-likeness (QED) is 0.813. The zero-order chi connectivity index (χ0) is 10.8. The number of hydrogen-bond donors (Lipinski definition) is 2. The van der Waals surface area contributed by atoms with Crippen molar-refractivity contribution in [3.8, 4) is 0 Å². The van der Waals surface area contributed by atoms with Crippen molar-refractivity contribution in [1.82, 2.24) is 0 Å². The van der Waals surface area contributed by atoms with Crippen LogP contribution in [-0.2, 0) is 0 Å². The van der Waals surface area contributed by atoms with Crippen molar-refractivity contribution in [3.63, 3.8) is 0 Å². The Labute approximate surface area is 95.1 Å². The van der Waals surface area contributed by atoms with Crippen molar-refractivity contribution in [2.45, 2.75) is 31.4 Å². The van der Waals surface area contributed by atoms with Gasteiger partial charge in [-0.3, -0.25) is 0 Å². The highest BCUT2D eigenvalue weighted by atomic mass is 35.5. The van der Waals surface area contributed by atoms with E-state index in [0.717, 1.165) is 24.8 Å². The number of aliphatic hydroxyl groups is 1. The lowest BCUT2D eigenvalue weighted by Gasteiger charge is -2.22. The van der Waals surface area contributed by atoms with Gasteiger partial charge in [-0.2, -0.15) is 0 Å². The van der Waals surface area contributed by atoms with Crippen LogP contribution in [0.4, 0.5) is 0 Å². The summed E-state index contributed by atoms with van der Waals surface area (Å²) >= 11 is 5.80. The number of hydrogen-bond acceptors (Lipinski definition) is 2. The third-order valence-electron chi connectivity index (χ3n) is 3.24. The van der Waals surface area contributed by atoms with Crippen LogP contribution in [0.2, 0.25) is 5.02 Å². The summed E-state index contributed by atoms with van der Waals surface area (Å²) in [6.45, 7) is 0. The predicted octanol–water partition coefficient (Wildman–Crippen LogP) is 2.50. The van der Waals surface area contributed by atoms with E-state index in [1.165, 1.54) is 0 Å². The lowest BCUT2D eigenvalue weighted by atomic mass is 9.92. The minimum Gasteiger partial charge on any atom is -0.388 e. The molecule has 0 aliphatic heterocycles. The molecule has 1 saturated carbocycles. The molecular weight excluding hydrogens is 210 g/mol. The molecule has 1 aromatic carbocycles. The van der Waals surface area contributed by atoms with Crippen molar-refractivity contribution >= 4 is 11.6 Å². The highest BCUT2D eigenvalue weighted by molar-refractivity contribution is 6.30. The second kappa shape index (κ2) is 4.52. The van der Waals surface area contributed by atoms with Gasteiger partial charge in [-0.05, 0) is 30.5 Å². The molecule has 15 heavy (non-hydrogen) atoms. The summed E-state index contributed by atoms with van der Waals surface area (Å²) in [7, 11) is 0. The molecule has 3 atom stereocenters. The molecule has 0 bridgehead atoms. The highest BCUT2D eigenvalue weighted by Gasteiger charge is 2.30. The molecule has 82 valence electrons. The lowest BCUT2D eigenvalue weighted by molar-refractivity contribution is 0.103. The highest BCUT2D eigenvalue weighted by Crippen LogP contribution is 2.35. The second-order valence-electron chi connectivity index (χ2n) is 4.26. The minimum absolute atomic E-state index is 0.135. The van der Waals surface area contributed by atoms with Gasteiger partial charge in [0.25, 0.3) is 0 Å². The summed E-state index contributed by atoms with van der Waals surface area (Å²) in [5, 5.41) is 10.9. The fourth-order valence-corrected chi connectivity index (χ4v) is 2.44. The smallest absolute Gasteiger partial charge is 0.0833 e. The Kier molecular flexibility index (Phi) is 3.29. The molecule has 3 heteroatoms. The summed E-state index contributed by atoms with van der Waals surface area (Å²) in [6.07, 6.45) is 2.72. The third kappa shape index (κ3) is 2.33. The Bertz CT molecular complexity index is 325. The van der Waals surface area contributed by atoms with Gasteiger partial charge in [0.05, 0.1) is 6.10 Å². The average molecular weight is 226 g/mol. The van der Waals surface area contributed by atoms with E-state index in [-0.39, 0.29) is 12.0 Å². The van der Waals surface area contributed by atoms with Crippen LogP contribution in [0.25, 0.3) is 0 Å². The first-order chi connectivity index (χ1) is 7.18. The van der Waals surface area contributed by atoms with E-state index in [1.54, 1.807) is 12.1 Å². The first-order valence-corrected chi connectivity index (χ1v) is 5.75. The number of nitrogens with two attached hydrogens (primary N) is 1. The zero-order valence-corrected chi connectivity index (χ0v) is 9.32. The van der Waals surface area contributed by atoms with Crippen LogP contribution in [-0.4, -0.2) is 11.1 Å². The van der Waals surface area contributed by atoms with Crippen LogP contribution in [0, 0.1) is 5.92 Å². The van der Waals surface area contributed by atoms with Crippen LogP contribution in [0.15, 0.2) is 24.3 Å². The van der Waals surface area contributed by atoms with E-state index < -0.39 is 6.10 Å². The van der Waals surface area contributed by atoms with Gasteiger partial charge in [0.1, 0.15) is 0 Å². The standard InChI is InChI=1S/C12H16ClNO/c13-9-6-4-8(5-7-9)12(15)10-2-1-3-11(10)14/h4-7,10-12,15H,1-3,14H2. The van der Waals surface area contributed by atoms with Gasteiger partial charge in [-0.15, -0.1) is 0 Å². The number of rotatable bonds is 2. The molecule has 1 aliphatic rings. The second-order valence-corrected chi connectivity index (χ2v) is 4.69. The summed E-state index contributed by atoms with van der Waals surface area (Å²) in [5.41, 5.74) is 6.88. The van der Waals surface area contributed by atoms with Gasteiger partial charge in [0, 0.05) is 17.0 Å². The van der Waals surface area contributed by atoms with Crippen LogP contribution in [0.1, 0.15) is 30.9 Å². The molecule has 2 nitrogen and oxygen atoms in total. The number of benzene rings is 1. The first kappa shape index (κ1) is 10.9. The summed E-state index contributed by atoms with van der Waals surface area (Å²) < 4.78 is 0. The van der Waals surface area contributed by atoms with Gasteiger partial charge >= 0.3 is 0 Å². The predicted molar refractivity (Wildman–Crippen MR) is 61.7 cm³/mol. The Morgan fingerprint density at radius 3 is 2.47 bits per heavy atom. The Morgan fingerprint density at radius 1 is 1.27 bits per heavy atom. The van der Waals surface area contributed by atoms with Crippen LogP contribution in [0.3, 0.4) is 0 Å². The maximum absolute atomic E-state index is 10.2. The molecule has 3 unspecified atom stereocenters. The Morgan fingerprint density at radius 2 is 1.93 bits per heavy atom. The normalized spacial score (nSPS) is 27.9. The Balaban J connectivity index is 2.13. The molecule has 0 saturated heterocycles. The topological polar surface area (TPSA) is 46.2 Å². The minimum atomic E-state index is -0.445. The maximum atomic E-state index is 10.2. The fraction of sp³-hybridized carbons (Fsp3) is 0.500. The molecule has 0 amide bonds. The molecule has 1 aliphatic carbocycles. The van der Waals surface area contributed by atoms with E-state index in [9.17, 15) is 5.11 Å². The summed E-state index contributed by atoms with van der Waals surface area (Å²) in [6, 6.07) is 7.49. The van der Waals surface area contributed by atoms with Crippen molar-refractivity contribution in [2.24, 2.45) is 11.7 Å². The van der Waals surface area contributed by atoms with Crippen LogP contribution in [0.5, 0.6) is 0 Å². The van der Waals surface area contributed by atoms with Gasteiger partial charge in [0.2, 0.25) is 0 Å². The van der Waals surface area contributed by atoms with Crippen molar-refractivity contribution in [2.75, 3.05) is 0 Å². The molecule has 0 spiro atoms. The Hall–Kier alpha value is -0.570. The number of aliphatic hydroxyl groups excluding tert-OH is 1. The van der Waals surface area contributed by atoms with Crippen molar-refractivity contribution in [3.05, 3.63) is 34.9 Å². The van der Waals surface area contributed by atoms with E-state index >= 15 is 0 Å². The molecule has 0 radical (unpaired) electrons. The molecular formula is C12H16ClNO. The van der Waals surface area contributed by atoms with E-state index in [1.807, 2.05) is 12.1 Å². The molecule has 0 heterocycles. The monoisotopic (exact) mass is 225 g/mol. The van der Waals surface area contributed by atoms with Crippen molar-refractivity contribution in [1.29, 1.82) is 0 Å². The molecule has 2 rings (SSSR count). The zero-order valence-electron chi connectivity index (χ0n) is 8.57. The lowest BCUT2D eigenvalue weighted by Crippen LogP contribution is -2.29. The molecule has 1 fully saturated rings. The van der Waals surface area contributed by atoms with Crippen molar-refractivity contribution < 1.29 is 5.11 Å². The maximum Gasteiger partial charge on any atom is 0.0833 e. The SMILES string of the molecule is NC1CCCC1C(O)c1ccc(Cl)cc1. The first-order valence-electron chi connectivity index (χ1n) is 5.37. The van der Waals surface area contributed by atoms with E-state index in [4.69, 9.17) is 17.3 Å². The van der Waals surface area contributed by atoms with Gasteiger partial charge in [-0.25, -0.2) is 0 Å².